The maximum Gasteiger partial charge on any atom is 0.220 e. The summed E-state index contributed by atoms with van der Waals surface area (Å²) in [6.45, 7) is 3.19. The standard InChI is InChI=1S/C16H24N2O2.ClH/c1-12-15(4-3-11-17-12)18-16(19)10-7-13-5-8-14(20-2)9-6-13;/h5-6,8-9,12,15,17H,3-4,7,10-11H2,1-2H3,(H,18,19);1H. The minimum absolute atomic E-state index is 0. The Morgan fingerprint density at radius 1 is 1.38 bits per heavy atom. The van der Waals surface area contributed by atoms with E-state index in [4.69, 9.17) is 4.74 Å². The highest BCUT2D eigenvalue weighted by Crippen LogP contribution is 2.13. The fourth-order valence-electron chi connectivity index (χ4n) is 2.57. The zero-order valence-corrected chi connectivity index (χ0v) is 13.5. The van der Waals surface area contributed by atoms with Crippen molar-refractivity contribution in [1.82, 2.24) is 10.6 Å². The first-order chi connectivity index (χ1) is 9.69. The average molecular weight is 313 g/mol. The predicted molar refractivity (Wildman–Crippen MR) is 87.2 cm³/mol. The Morgan fingerprint density at radius 3 is 2.71 bits per heavy atom. The van der Waals surface area contributed by atoms with Gasteiger partial charge >= 0.3 is 0 Å². The van der Waals surface area contributed by atoms with Gasteiger partial charge in [0.2, 0.25) is 5.91 Å². The number of nitrogens with one attached hydrogen (secondary N) is 2. The highest BCUT2D eigenvalue weighted by atomic mass is 35.5. The largest absolute Gasteiger partial charge is 0.497 e. The van der Waals surface area contributed by atoms with E-state index in [2.05, 4.69) is 17.6 Å². The summed E-state index contributed by atoms with van der Waals surface area (Å²) in [7, 11) is 1.65. The summed E-state index contributed by atoms with van der Waals surface area (Å²) in [5.74, 6) is 0.988. The van der Waals surface area contributed by atoms with Gasteiger partial charge < -0.3 is 15.4 Å². The molecule has 0 aliphatic carbocycles. The molecule has 5 heteroatoms. The molecular formula is C16H25ClN2O2. The number of carbonyl (C=O) groups excluding carboxylic acids is 1. The van der Waals surface area contributed by atoms with Gasteiger partial charge in [-0.25, -0.2) is 0 Å². The molecular weight excluding hydrogens is 288 g/mol. The molecule has 1 amide bonds. The van der Waals surface area contributed by atoms with Crippen molar-refractivity contribution in [2.24, 2.45) is 0 Å². The summed E-state index contributed by atoms with van der Waals surface area (Å²) in [6.07, 6.45) is 3.51. The zero-order valence-electron chi connectivity index (χ0n) is 12.7. The number of halogens is 1. The fourth-order valence-corrected chi connectivity index (χ4v) is 2.57. The molecule has 1 aliphatic heterocycles. The highest BCUT2D eigenvalue weighted by Gasteiger charge is 2.21. The summed E-state index contributed by atoms with van der Waals surface area (Å²) in [4.78, 5) is 12.0. The molecule has 2 N–H and O–H groups in total. The van der Waals surface area contributed by atoms with Crippen LogP contribution in [-0.4, -0.2) is 31.6 Å². The van der Waals surface area contributed by atoms with Gasteiger partial charge in [-0.3, -0.25) is 4.79 Å². The van der Waals surface area contributed by atoms with Crippen LogP contribution in [0.25, 0.3) is 0 Å². The second kappa shape index (κ2) is 8.90. The Bertz CT molecular complexity index is 436. The van der Waals surface area contributed by atoms with E-state index in [1.54, 1.807) is 7.11 Å². The quantitative estimate of drug-likeness (QED) is 0.877. The lowest BCUT2D eigenvalue weighted by molar-refractivity contribution is -0.122. The molecule has 2 rings (SSSR count). The molecule has 1 aromatic rings. The van der Waals surface area contributed by atoms with Crippen LogP contribution in [0.5, 0.6) is 5.75 Å². The third-order valence-electron chi connectivity index (χ3n) is 3.91. The second-order valence-corrected chi connectivity index (χ2v) is 5.41. The van der Waals surface area contributed by atoms with E-state index < -0.39 is 0 Å². The molecule has 0 saturated carbocycles. The smallest absolute Gasteiger partial charge is 0.220 e. The molecule has 1 aliphatic rings. The van der Waals surface area contributed by atoms with Crippen molar-refractivity contribution in [1.29, 1.82) is 0 Å². The van der Waals surface area contributed by atoms with E-state index in [-0.39, 0.29) is 24.4 Å². The molecule has 0 spiro atoms. The van der Waals surface area contributed by atoms with Gasteiger partial charge in [0.05, 0.1) is 7.11 Å². The number of rotatable bonds is 5. The summed E-state index contributed by atoms with van der Waals surface area (Å²) in [5.41, 5.74) is 1.16. The third kappa shape index (κ3) is 5.56. The topological polar surface area (TPSA) is 50.4 Å². The molecule has 1 heterocycles. The first-order valence-electron chi connectivity index (χ1n) is 7.34. The van der Waals surface area contributed by atoms with Gasteiger partial charge in [0.1, 0.15) is 5.75 Å². The number of methoxy groups -OCH3 is 1. The minimum atomic E-state index is 0. The zero-order chi connectivity index (χ0) is 14.4. The van der Waals surface area contributed by atoms with Gasteiger partial charge in [-0.2, -0.15) is 0 Å². The molecule has 0 bridgehead atoms. The number of ether oxygens (including phenoxy) is 1. The first-order valence-corrected chi connectivity index (χ1v) is 7.34. The number of hydrogen-bond donors (Lipinski definition) is 2. The number of aryl methyl sites for hydroxylation is 1. The molecule has 1 aromatic carbocycles. The van der Waals surface area contributed by atoms with E-state index in [9.17, 15) is 4.79 Å². The number of hydrogen-bond acceptors (Lipinski definition) is 3. The lowest BCUT2D eigenvalue weighted by atomic mass is 9.99. The number of benzene rings is 1. The van der Waals surface area contributed by atoms with Gasteiger partial charge in [0, 0.05) is 18.5 Å². The average Bonchev–Trinajstić information content (AvgIpc) is 2.48. The van der Waals surface area contributed by atoms with Crippen LogP contribution in [-0.2, 0) is 11.2 Å². The maximum atomic E-state index is 12.0. The Labute approximate surface area is 133 Å². The minimum Gasteiger partial charge on any atom is -0.497 e. The van der Waals surface area contributed by atoms with E-state index in [1.165, 1.54) is 0 Å². The molecule has 2 atom stereocenters. The normalized spacial score (nSPS) is 21.2. The van der Waals surface area contributed by atoms with Crippen molar-refractivity contribution >= 4 is 18.3 Å². The van der Waals surface area contributed by atoms with Crippen LogP contribution in [0.2, 0.25) is 0 Å². The van der Waals surface area contributed by atoms with Crippen molar-refractivity contribution < 1.29 is 9.53 Å². The Kier molecular flexibility index (Phi) is 7.54. The Morgan fingerprint density at radius 2 is 2.10 bits per heavy atom. The number of carbonyl (C=O) groups is 1. The van der Waals surface area contributed by atoms with Gasteiger partial charge in [-0.1, -0.05) is 12.1 Å². The predicted octanol–water partition coefficient (Wildman–Crippen LogP) is 2.31. The molecule has 118 valence electrons. The summed E-state index contributed by atoms with van der Waals surface area (Å²) in [5, 5.41) is 6.53. The SMILES string of the molecule is COc1ccc(CCC(=O)NC2CCCNC2C)cc1.Cl. The van der Waals surface area contributed by atoms with E-state index >= 15 is 0 Å². The van der Waals surface area contributed by atoms with Crippen molar-refractivity contribution in [3.63, 3.8) is 0 Å². The van der Waals surface area contributed by atoms with Crippen LogP contribution >= 0.6 is 12.4 Å². The van der Waals surface area contributed by atoms with Gasteiger partial charge in [0.15, 0.2) is 0 Å². The first kappa shape index (κ1) is 17.8. The molecule has 4 nitrogen and oxygen atoms in total. The van der Waals surface area contributed by atoms with Crippen molar-refractivity contribution in [2.45, 2.75) is 44.7 Å². The van der Waals surface area contributed by atoms with Crippen molar-refractivity contribution in [3.05, 3.63) is 29.8 Å². The van der Waals surface area contributed by atoms with E-state index in [0.717, 1.165) is 37.1 Å². The molecule has 1 fully saturated rings. The molecule has 2 unspecified atom stereocenters. The van der Waals surface area contributed by atoms with Crippen LogP contribution in [0.4, 0.5) is 0 Å². The number of amides is 1. The fraction of sp³-hybridized carbons (Fsp3) is 0.562. The highest BCUT2D eigenvalue weighted by molar-refractivity contribution is 5.85. The van der Waals surface area contributed by atoms with Crippen LogP contribution in [0.15, 0.2) is 24.3 Å². The van der Waals surface area contributed by atoms with Crippen LogP contribution in [0.3, 0.4) is 0 Å². The molecule has 0 aromatic heterocycles. The van der Waals surface area contributed by atoms with Crippen LogP contribution in [0, 0.1) is 0 Å². The monoisotopic (exact) mass is 312 g/mol. The van der Waals surface area contributed by atoms with Gasteiger partial charge in [-0.15, -0.1) is 12.4 Å². The van der Waals surface area contributed by atoms with Crippen LogP contribution in [0.1, 0.15) is 31.7 Å². The molecule has 1 saturated heterocycles. The lowest BCUT2D eigenvalue weighted by Crippen LogP contribution is -2.51. The molecule has 0 radical (unpaired) electrons. The summed E-state index contributed by atoms with van der Waals surface area (Å²) >= 11 is 0. The summed E-state index contributed by atoms with van der Waals surface area (Å²) < 4.78 is 5.12. The second-order valence-electron chi connectivity index (χ2n) is 5.41. The van der Waals surface area contributed by atoms with Crippen molar-refractivity contribution in [3.8, 4) is 5.75 Å². The van der Waals surface area contributed by atoms with E-state index in [0.29, 0.717) is 12.5 Å². The Balaban J connectivity index is 0.00000220. The summed E-state index contributed by atoms with van der Waals surface area (Å²) in [6, 6.07) is 8.52. The maximum absolute atomic E-state index is 12.0. The van der Waals surface area contributed by atoms with Crippen LogP contribution < -0.4 is 15.4 Å². The third-order valence-corrected chi connectivity index (χ3v) is 3.91. The van der Waals surface area contributed by atoms with E-state index in [1.807, 2.05) is 24.3 Å². The van der Waals surface area contributed by atoms with Gasteiger partial charge in [0.25, 0.3) is 0 Å². The lowest BCUT2D eigenvalue weighted by Gasteiger charge is -2.30. The van der Waals surface area contributed by atoms with Gasteiger partial charge in [-0.05, 0) is 50.4 Å². The van der Waals surface area contributed by atoms with Crippen molar-refractivity contribution in [2.75, 3.05) is 13.7 Å². The molecule has 21 heavy (non-hydrogen) atoms. The Hall–Kier alpha value is -1.26. The number of piperidine rings is 1.